The summed E-state index contributed by atoms with van der Waals surface area (Å²) in [5.74, 6) is -0.952. The zero-order valence-corrected chi connectivity index (χ0v) is 11.4. The minimum absolute atomic E-state index is 0.0718. The van der Waals surface area contributed by atoms with E-state index < -0.39 is 12.1 Å². The first-order valence-electron chi connectivity index (χ1n) is 4.79. The fraction of sp³-hybridized carbons (Fsp3) is 0.364. The molecule has 2 unspecified atom stereocenters. The van der Waals surface area contributed by atoms with Crippen molar-refractivity contribution in [2.45, 2.75) is 30.1 Å². The summed E-state index contributed by atoms with van der Waals surface area (Å²) in [6, 6.07) is 5.06. The number of aliphatic hydroxyl groups excluding tert-OH is 1. The third kappa shape index (κ3) is 3.50. The Hall–Kier alpha value is -0.520. The standard InChI is InChI=1S/C11H13BrO3S/c1-6(13)7(2)16-8-3-4-9(11(14)15)10(12)5-8/h3-7,13H,1-2H3,(H,14,15). The SMILES string of the molecule is CC(O)C(C)Sc1ccc(C(=O)O)c(Br)c1. The maximum Gasteiger partial charge on any atom is 0.336 e. The van der Waals surface area contributed by atoms with Gasteiger partial charge in [-0.1, -0.05) is 6.92 Å². The minimum atomic E-state index is -0.952. The molecule has 0 amide bonds. The highest BCUT2D eigenvalue weighted by Crippen LogP contribution is 2.29. The van der Waals surface area contributed by atoms with Crippen LogP contribution in [0.5, 0.6) is 0 Å². The highest BCUT2D eigenvalue weighted by Gasteiger charge is 2.13. The molecule has 2 N–H and O–H groups in total. The summed E-state index contributed by atoms with van der Waals surface area (Å²) in [7, 11) is 0. The molecule has 0 aliphatic heterocycles. The predicted molar refractivity (Wildman–Crippen MR) is 68.1 cm³/mol. The van der Waals surface area contributed by atoms with Crippen LogP contribution in [0.15, 0.2) is 27.6 Å². The average molecular weight is 305 g/mol. The van der Waals surface area contributed by atoms with Crippen molar-refractivity contribution in [1.29, 1.82) is 0 Å². The lowest BCUT2D eigenvalue weighted by Gasteiger charge is -2.14. The number of thioether (sulfide) groups is 1. The zero-order valence-electron chi connectivity index (χ0n) is 8.98. The molecule has 0 radical (unpaired) electrons. The number of carboxylic acid groups (broad SMARTS) is 1. The minimum Gasteiger partial charge on any atom is -0.478 e. The van der Waals surface area contributed by atoms with Crippen molar-refractivity contribution >= 4 is 33.7 Å². The van der Waals surface area contributed by atoms with E-state index in [1.807, 2.05) is 6.92 Å². The van der Waals surface area contributed by atoms with E-state index in [-0.39, 0.29) is 10.8 Å². The maximum atomic E-state index is 10.8. The van der Waals surface area contributed by atoms with Crippen molar-refractivity contribution in [3.05, 3.63) is 28.2 Å². The molecule has 0 fully saturated rings. The summed E-state index contributed by atoms with van der Waals surface area (Å²) in [5, 5.41) is 18.3. The molecule has 0 bridgehead atoms. The molecule has 1 aromatic carbocycles. The van der Waals surface area contributed by atoms with Gasteiger partial charge in [-0.05, 0) is 41.1 Å². The lowest BCUT2D eigenvalue weighted by Crippen LogP contribution is -2.14. The molecule has 0 spiro atoms. The smallest absolute Gasteiger partial charge is 0.336 e. The summed E-state index contributed by atoms with van der Waals surface area (Å²) >= 11 is 4.73. The summed E-state index contributed by atoms with van der Waals surface area (Å²) in [5.41, 5.74) is 0.244. The molecule has 88 valence electrons. The van der Waals surface area contributed by atoms with Crippen LogP contribution in [0.3, 0.4) is 0 Å². The van der Waals surface area contributed by atoms with E-state index in [0.29, 0.717) is 4.47 Å². The van der Waals surface area contributed by atoms with Gasteiger partial charge in [-0.2, -0.15) is 0 Å². The summed E-state index contributed by atoms with van der Waals surface area (Å²) in [6.45, 7) is 3.66. The number of hydrogen-bond acceptors (Lipinski definition) is 3. The predicted octanol–water partition coefficient (Wildman–Crippen LogP) is 3.01. The van der Waals surface area contributed by atoms with Crippen molar-refractivity contribution in [3.8, 4) is 0 Å². The second-order valence-corrected chi connectivity index (χ2v) is 5.82. The zero-order chi connectivity index (χ0) is 12.3. The number of benzene rings is 1. The van der Waals surface area contributed by atoms with Crippen LogP contribution in [-0.2, 0) is 0 Å². The van der Waals surface area contributed by atoms with Crippen LogP contribution in [0.4, 0.5) is 0 Å². The van der Waals surface area contributed by atoms with Crippen LogP contribution in [0.1, 0.15) is 24.2 Å². The Kier molecular flexibility index (Phi) is 4.83. The Morgan fingerprint density at radius 3 is 2.50 bits per heavy atom. The van der Waals surface area contributed by atoms with Gasteiger partial charge < -0.3 is 10.2 Å². The second kappa shape index (κ2) is 5.70. The molecule has 3 nitrogen and oxygen atoms in total. The molecule has 1 aromatic rings. The largest absolute Gasteiger partial charge is 0.478 e. The Morgan fingerprint density at radius 1 is 1.44 bits per heavy atom. The Bertz CT molecular complexity index is 393. The molecule has 2 atom stereocenters. The highest BCUT2D eigenvalue weighted by atomic mass is 79.9. The van der Waals surface area contributed by atoms with Crippen LogP contribution in [-0.4, -0.2) is 27.5 Å². The van der Waals surface area contributed by atoms with Gasteiger partial charge in [0.1, 0.15) is 0 Å². The maximum absolute atomic E-state index is 10.8. The van der Waals surface area contributed by atoms with Crippen molar-refractivity contribution in [3.63, 3.8) is 0 Å². The molecule has 0 saturated heterocycles. The van der Waals surface area contributed by atoms with Gasteiger partial charge in [0.15, 0.2) is 0 Å². The van der Waals surface area contributed by atoms with Crippen LogP contribution in [0.25, 0.3) is 0 Å². The van der Waals surface area contributed by atoms with Gasteiger partial charge in [-0.3, -0.25) is 0 Å². The van der Waals surface area contributed by atoms with E-state index in [4.69, 9.17) is 5.11 Å². The molecule has 0 aromatic heterocycles. The summed E-state index contributed by atoms with van der Waals surface area (Å²) in [4.78, 5) is 11.7. The average Bonchev–Trinajstić information content (AvgIpc) is 2.16. The van der Waals surface area contributed by atoms with E-state index in [1.54, 1.807) is 25.1 Å². The van der Waals surface area contributed by atoms with Crippen molar-refractivity contribution in [2.75, 3.05) is 0 Å². The van der Waals surface area contributed by atoms with Gasteiger partial charge in [0.25, 0.3) is 0 Å². The van der Waals surface area contributed by atoms with Gasteiger partial charge in [0.05, 0.1) is 11.7 Å². The van der Waals surface area contributed by atoms with Gasteiger partial charge in [-0.15, -0.1) is 11.8 Å². The van der Waals surface area contributed by atoms with Crippen molar-refractivity contribution in [1.82, 2.24) is 0 Å². The highest BCUT2D eigenvalue weighted by molar-refractivity contribution is 9.10. The van der Waals surface area contributed by atoms with Crippen LogP contribution in [0, 0.1) is 0 Å². The Balaban J connectivity index is 2.85. The van der Waals surface area contributed by atoms with Crippen LogP contribution >= 0.6 is 27.7 Å². The first-order chi connectivity index (χ1) is 7.41. The number of halogens is 1. The first-order valence-corrected chi connectivity index (χ1v) is 6.46. The Morgan fingerprint density at radius 2 is 2.06 bits per heavy atom. The fourth-order valence-electron chi connectivity index (χ4n) is 1.06. The molecule has 1 rings (SSSR count). The van der Waals surface area contributed by atoms with Gasteiger partial charge in [-0.25, -0.2) is 4.79 Å². The van der Waals surface area contributed by atoms with Crippen molar-refractivity contribution in [2.24, 2.45) is 0 Å². The summed E-state index contributed by atoms with van der Waals surface area (Å²) in [6.07, 6.45) is -0.400. The van der Waals surface area contributed by atoms with Gasteiger partial charge in [0.2, 0.25) is 0 Å². The van der Waals surface area contributed by atoms with Gasteiger partial charge in [0, 0.05) is 14.6 Å². The number of aliphatic hydroxyl groups is 1. The van der Waals surface area contributed by atoms with Gasteiger partial charge >= 0.3 is 5.97 Å². The molecule has 0 heterocycles. The van der Waals surface area contributed by atoms with Crippen LogP contribution in [0.2, 0.25) is 0 Å². The number of aromatic carboxylic acids is 1. The topological polar surface area (TPSA) is 57.5 Å². The lowest BCUT2D eigenvalue weighted by molar-refractivity contribution is 0.0696. The lowest BCUT2D eigenvalue weighted by atomic mass is 10.2. The normalized spacial score (nSPS) is 14.5. The second-order valence-electron chi connectivity index (χ2n) is 3.51. The number of carbonyl (C=O) groups is 1. The van der Waals surface area contributed by atoms with Crippen LogP contribution < -0.4 is 0 Å². The molecular formula is C11H13BrO3S. The van der Waals surface area contributed by atoms with E-state index >= 15 is 0 Å². The van der Waals surface area contributed by atoms with Crippen molar-refractivity contribution < 1.29 is 15.0 Å². The molecule has 0 saturated carbocycles. The van der Waals surface area contributed by atoms with E-state index in [1.165, 1.54) is 11.8 Å². The molecular weight excluding hydrogens is 292 g/mol. The Labute approximate surface area is 107 Å². The van der Waals surface area contributed by atoms with E-state index in [0.717, 1.165) is 4.90 Å². The molecule has 0 aliphatic carbocycles. The first kappa shape index (κ1) is 13.5. The monoisotopic (exact) mass is 304 g/mol. The summed E-state index contributed by atoms with van der Waals surface area (Å²) < 4.78 is 0.558. The van der Waals surface area contributed by atoms with E-state index in [2.05, 4.69) is 15.9 Å². The molecule has 5 heteroatoms. The van der Waals surface area contributed by atoms with E-state index in [9.17, 15) is 9.90 Å². The third-order valence-electron chi connectivity index (χ3n) is 2.17. The molecule has 0 aliphatic rings. The number of rotatable bonds is 4. The quantitative estimate of drug-likeness (QED) is 0.840. The fourth-order valence-corrected chi connectivity index (χ4v) is 2.71. The number of carboxylic acids is 1. The number of hydrogen-bond donors (Lipinski definition) is 2. The molecule has 16 heavy (non-hydrogen) atoms. The third-order valence-corrected chi connectivity index (χ3v) is 4.12.